The molecule has 1 aromatic carbocycles. The third-order valence-electron chi connectivity index (χ3n) is 3.22. The molecule has 0 radical (unpaired) electrons. The summed E-state index contributed by atoms with van der Waals surface area (Å²) in [5.74, 6) is -2.29. The van der Waals surface area contributed by atoms with E-state index in [-0.39, 0.29) is 10.6 Å². The Bertz CT molecular complexity index is 543. The summed E-state index contributed by atoms with van der Waals surface area (Å²) in [7, 11) is -4.56. The van der Waals surface area contributed by atoms with E-state index in [9.17, 15) is 17.2 Å². The fourth-order valence-electron chi connectivity index (χ4n) is 2.15. The summed E-state index contributed by atoms with van der Waals surface area (Å²) >= 11 is 1.84. The summed E-state index contributed by atoms with van der Waals surface area (Å²) in [6.45, 7) is 0.598. The number of hydrogen-bond acceptors (Lipinski definition) is 4. The maximum atomic E-state index is 12.7. The quantitative estimate of drug-likeness (QED) is 0.903. The third-order valence-corrected chi connectivity index (χ3v) is 6.06. The molecule has 20 heavy (non-hydrogen) atoms. The van der Waals surface area contributed by atoms with E-state index in [1.165, 1.54) is 24.6 Å². The van der Waals surface area contributed by atoms with Crippen molar-refractivity contribution in [2.75, 3.05) is 17.6 Å². The van der Waals surface area contributed by atoms with Crippen LogP contribution >= 0.6 is 11.8 Å². The maximum absolute atomic E-state index is 12.7. The molecular weight excluding hydrogens is 304 g/mol. The molecule has 0 aliphatic carbocycles. The second-order valence-corrected chi connectivity index (χ2v) is 7.97. The minimum atomic E-state index is -4.56. The van der Waals surface area contributed by atoms with Crippen molar-refractivity contribution in [3.05, 3.63) is 24.3 Å². The zero-order valence-electron chi connectivity index (χ0n) is 10.9. The Kier molecular flexibility index (Phi) is 5.26. The van der Waals surface area contributed by atoms with Gasteiger partial charge in [0.05, 0.1) is 10.6 Å². The first-order chi connectivity index (χ1) is 9.51. The molecule has 7 heteroatoms. The predicted molar refractivity (Wildman–Crippen MR) is 78.2 cm³/mol. The lowest BCUT2D eigenvalue weighted by Gasteiger charge is -2.22. The molecule has 0 saturated carbocycles. The smallest absolute Gasteiger partial charge is 0.341 e. The molecule has 3 nitrogen and oxygen atoms in total. The molecule has 1 heterocycles. The first-order valence-corrected chi connectivity index (χ1v) is 9.08. The molecule has 1 unspecified atom stereocenters. The van der Waals surface area contributed by atoms with Crippen molar-refractivity contribution < 1.29 is 17.2 Å². The number of halogens is 2. The molecule has 1 fully saturated rings. The van der Waals surface area contributed by atoms with E-state index in [1.54, 1.807) is 6.07 Å². The van der Waals surface area contributed by atoms with Crippen LogP contribution in [-0.2, 0) is 9.84 Å². The summed E-state index contributed by atoms with van der Waals surface area (Å²) in [6.07, 6.45) is 3.44. The largest absolute Gasteiger partial charge is 0.383 e. The Morgan fingerprint density at radius 3 is 2.70 bits per heavy atom. The SMILES string of the molecule is O=S(=O)(c1ccccc1NCC1CCCCS1)C(F)F. The Labute approximate surface area is 122 Å². The summed E-state index contributed by atoms with van der Waals surface area (Å²) in [6, 6.07) is 5.84. The van der Waals surface area contributed by atoms with Crippen LogP contribution in [0.25, 0.3) is 0 Å². The summed E-state index contributed by atoms with van der Waals surface area (Å²) in [5, 5.41) is 3.42. The van der Waals surface area contributed by atoms with Crippen LogP contribution in [0.3, 0.4) is 0 Å². The van der Waals surface area contributed by atoms with Gasteiger partial charge in [-0.3, -0.25) is 0 Å². The number of nitrogens with one attached hydrogen (secondary N) is 1. The van der Waals surface area contributed by atoms with Crippen molar-refractivity contribution in [3.63, 3.8) is 0 Å². The van der Waals surface area contributed by atoms with E-state index in [0.717, 1.165) is 18.6 Å². The van der Waals surface area contributed by atoms with Gasteiger partial charge in [0, 0.05) is 11.8 Å². The van der Waals surface area contributed by atoms with E-state index in [1.807, 2.05) is 11.8 Å². The van der Waals surface area contributed by atoms with Gasteiger partial charge in [0.15, 0.2) is 0 Å². The molecule has 2 rings (SSSR count). The third kappa shape index (κ3) is 3.63. The standard InChI is InChI=1S/C13H17F2NO2S2/c14-13(15)20(17,18)12-7-2-1-6-11(12)16-9-10-5-3-4-8-19-10/h1-2,6-7,10,13,16H,3-5,8-9H2. The molecule has 1 N–H and O–H groups in total. The molecule has 1 aliphatic heterocycles. The minimum Gasteiger partial charge on any atom is -0.383 e. The number of hydrogen-bond donors (Lipinski definition) is 1. The van der Waals surface area contributed by atoms with Crippen LogP contribution in [0.5, 0.6) is 0 Å². The number of alkyl halides is 2. The Morgan fingerprint density at radius 2 is 2.05 bits per heavy atom. The fourth-order valence-corrected chi connectivity index (χ4v) is 4.29. The first kappa shape index (κ1) is 15.6. The Morgan fingerprint density at radius 1 is 1.30 bits per heavy atom. The zero-order valence-corrected chi connectivity index (χ0v) is 12.5. The van der Waals surface area contributed by atoms with Crippen LogP contribution in [0.4, 0.5) is 14.5 Å². The van der Waals surface area contributed by atoms with Gasteiger partial charge in [0.25, 0.3) is 0 Å². The molecule has 112 valence electrons. The molecule has 0 spiro atoms. The van der Waals surface area contributed by atoms with Crippen LogP contribution in [0.1, 0.15) is 19.3 Å². The van der Waals surface area contributed by atoms with Gasteiger partial charge in [0.2, 0.25) is 9.84 Å². The minimum absolute atomic E-state index is 0.263. The van der Waals surface area contributed by atoms with Gasteiger partial charge in [0.1, 0.15) is 0 Å². The number of anilines is 1. The number of sulfone groups is 1. The number of rotatable bonds is 5. The Hall–Kier alpha value is -0.820. The highest BCUT2D eigenvalue weighted by Crippen LogP contribution is 2.28. The van der Waals surface area contributed by atoms with Crippen LogP contribution in [0.15, 0.2) is 29.2 Å². The van der Waals surface area contributed by atoms with Crippen LogP contribution < -0.4 is 5.32 Å². The first-order valence-electron chi connectivity index (χ1n) is 6.48. The van der Waals surface area contributed by atoms with E-state index in [4.69, 9.17) is 0 Å². The molecule has 1 aromatic rings. The van der Waals surface area contributed by atoms with Gasteiger partial charge >= 0.3 is 5.76 Å². The van der Waals surface area contributed by atoms with Crippen molar-refractivity contribution in [2.24, 2.45) is 0 Å². The molecule has 1 aliphatic rings. The normalized spacial score (nSPS) is 20.1. The second-order valence-electron chi connectivity index (χ2n) is 4.67. The van der Waals surface area contributed by atoms with Gasteiger partial charge in [-0.2, -0.15) is 20.5 Å². The van der Waals surface area contributed by atoms with Crippen LogP contribution in [0.2, 0.25) is 0 Å². The van der Waals surface area contributed by atoms with E-state index in [0.29, 0.717) is 11.8 Å². The average Bonchev–Trinajstić information content (AvgIpc) is 2.46. The van der Waals surface area contributed by atoms with E-state index in [2.05, 4.69) is 5.32 Å². The average molecular weight is 321 g/mol. The van der Waals surface area contributed by atoms with Crippen molar-refractivity contribution >= 4 is 27.3 Å². The predicted octanol–water partition coefficient (Wildman–Crippen LogP) is 3.38. The number of benzene rings is 1. The zero-order chi connectivity index (χ0) is 14.6. The molecule has 0 aromatic heterocycles. The van der Waals surface area contributed by atoms with Crippen molar-refractivity contribution in [3.8, 4) is 0 Å². The van der Waals surface area contributed by atoms with Crippen molar-refractivity contribution in [1.29, 1.82) is 0 Å². The van der Waals surface area contributed by atoms with Gasteiger partial charge < -0.3 is 5.32 Å². The monoisotopic (exact) mass is 321 g/mol. The highest BCUT2D eigenvalue weighted by atomic mass is 32.2. The molecule has 0 amide bonds. The summed E-state index contributed by atoms with van der Waals surface area (Å²) in [5.41, 5.74) is 0.263. The summed E-state index contributed by atoms with van der Waals surface area (Å²) in [4.78, 5) is -0.323. The lowest BCUT2D eigenvalue weighted by molar-refractivity contribution is 0.235. The van der Waals surface area contributed by atoms with Crippen LogP contribution in [0, 0.1) is 0 Å². The van der Waals surface area contributed by atoms with Crippen LogP contribution in [-0.4, -0.2) is 31.7 Å². The van der Waals surface area contributed by atoms with E-state index < -0.39 is 15.6 Å². The van der Waals surface area contributed by atoms with Gasteiger partial charge in [-0.15, -0.1) is 0 Å². The fraction of sp³-hybridized carbons (Fsp3) is 0.538. The Balaban J connectivity index is 2.12. The lowest BCUT2D eigenvalue weighted by atomic mass is 10.2. The maximum Gasteiger partial charge on any atom is 0.341 e. The van der Waals surface area contributed by atoms with Gasteiger partial charge in [-0.05, 0) is 30.7 Å². The molecular formula is C13H17F2NO2S2. The molecule has 0 bridgehead atoms. The molecule has 1 saturated heterocycles. The topological polar surface area (TPSA) is 46.2 Å². The van der Waals surface area contributed by atoms with Crippen molar-refractivity contribution in [2.45, 2.75) is 35.2 Å². The van der Waals surface area contributed by atoms with E-state index >= 15 is 0 Å². The molecule has 1 atom stereocenters. The second kappa shape index (κ2) is 6.76. The number of para-hydroxylation sites is 1. The number of thioether (sulfide) groups is 1. The van der Waals surface area contributed by atoms with Gasteiger partial charge in [-0.25, -0.2) is 8.42 Å². The lowest BCUT2D eigenvalue weighted by Crippen LogP contribution is -2.21. The highest BCUT2D eigenvalue weighted by Gasteiger charge is 2.29. The van der Waals surface area contributed by atoms with Crippen molar-refractivity contribution in [1.82, 2.24) is 0 Å². The highest BCUT2D eigenvalue weighted by molar-refractivity contribution is 8.00. The van der Waals surface area contributed by atoms with Gasteiger partial charge in [-0.1, -0.05) is 18.6 Å². The summed E-state index contributed by atoms with van der Waals surface area (Å²) < 4.78 is 48.5.